The molecule has 2 heteroatoms. The molecule has 16 heavy (non-hydrogen) atoms. The van der Waals surface area contributed by atoms with Crippen LogP contribution >= 0.6 is 0 Å². The highest BCUT2D eigenvalue weighted by Crippen LogP contribution is 2.23. The number of fused-ring (bicyclic) bond motifs is 1. The van der Waals surface area contributed by atoms with Gasteiger partial charge in [-0.2, -0.15) is 0 Å². The van der Waals surface area contributed by atoms with E-state index in [1.165, 1.54) is 27.7 Å². The third-order valence-electron chi connectivity index (χ3n) is 3.08. The molecule has 1 aromatic carbocycles. The first-order chi connectivity index (χ1) is 7.72. The fraction of sp³-hybridized carbons (Fsp3) is 0.429. The Hall–Kier alpha value is -1.28. The van der Waals surface area contributed by atoms with Gasteiger partial charge in [0, 0.05) is 16.6 Å². The van der Waals surface area contributed by atoms with E-state index < -0.39 is 0 Å². The molecule has 0 aliphatic rings. The standard InChI is InChI=1S/C14H20N2/c1-4-15-8-7-12-11(3)16-14-6-5-10(2)9-13(12)14/h5-6,9,15-16H,4,7-8H2,1-3H3. The number of nitrogens with one attached hydrogen (secondary N) is 2. The molecule has 0 bridgehead atoms. The number of hydrogen-bond donors (Lipinski definition) is 2. The van der Waals surface area contributed by atoms with Gasteiger partial charge in [0.15, 0.2) is 0 Å². The highest BCUT2D eigenvalue weighted by Gasteiger charge is 2.07. The Morgan fingerprint density at radius 2 is 2.06 bits per heavy atom. The topological polar surface area (TPSA) is 27.8 Å². The predicted molar refractivity (Wildman–Crippen MR) is 70.0 cm³/mol. The molecule has 1 aromatic heterocycles. The second-order valence-corrected chi connectivity index (χ2v) is 4.38. The predicted octanol–water partition coefficient (Wildman–Crippen LogP) is 2.94. The molecule has 0 atom stereocenters. The van der Waals surface area contributed by atoms with E-state index in [1.807, 2.05) is 0 Å². The molecule has 0 aliphatic carbocycles. The molecular formula is C14H20N2. The molecule has 0 radical (unpaired) electrons. The Kier molecular flexibility index (Phi) is 3.30. The first-order valence-electron chi connectivity index (χ1n) is 6.01. The van der Waals surface area contributed by atoms with E-state index in [-0.39, 0.29) is 0 Å². The van der Waals surface area contributed by atoms with Crippen LogP contribution in [0.15, 0.2) is 18.2 Å². The van der Waals surface area contributed by atoms with Gasteiger partial charge in [-0.15, -0.1) is 0 Å². The number of hydrogen-bond acceptors (Lipinski definition) is 1. The molecule has 0 fully saturated rings. The lowest BCUT2D eigenvalue weighted by atomic mass is 10.1. The summed E-state index contributed by atoms with van der Waals surface area (Å²) in [4.78, 5) is 3.45. The maximum Gasteiger partial charge on any atom is 0.0459 e. The summed E-state index contributed by atoms with van der Waals surface area (Å²) in [5, 5.41) is 4.76. The van der Waals surface area contributed by atoms with Gasteiger partial charge in [-0.3, -0.25) is 0 Å². The maximum absolute atomic E-state index is 3.45. The van der Waals surface area contributed by atoms with E-state index in [2.05, 4.69) is 49.3 Å². The van der Waals surface area contributed by atoms with Crippen LogP contribution in [0.5, 0.6) is 0 Å². The van der Waals surface area contributed by atoms with Crippen molar-refractivity contribution >= 4 is 10.9 Å². The second kappa shape index (κ2) is 4.71. The van der Waals surface area contributed by atoms with Gasteiger partial charge >= 0.3 is 0 Å². The van der Waals surface area contributed by atoms with E-state index in [0.29, 0.717) is 0 Å². The van der Waals surface area contributed by atoms with Gasteiger partial charge in [0.2, 0.25) is 0 Å². The minimum absolute atomic E-state index is 1.04. The van der Waals surface area contributed by atoms with Crippen molar-refractivity contribution in [3.8, 4) is 0 Å². The van der Waals surface area contributed by atoms with Crippen molar-refractivity contribution in [2.24, 2.45) is 0 Å². The maximum atomic E-state index is 3.45. The summed E-state index contributed by atoms with van der Waals surface area (Å²) in [6, 6.07) is 6.61. The summed E-state index contributed by atoms with van der Waals surface area (Å²) in [6.45, 7) is 8.55. The van der Waals surface area contributed by atoms with E-state index in [9.17, 15) is 0 Å². The number of H-pyrrole nitrogens is 1. The first kappa shape index (κ1) is 11.2. The van der Waals surface area contributed by atoms with Crippen LogP contribution in [0.3, 0.4) is 0 Å². The van der Waals surface area contributed by atoms with Crippen LogP contribution in [0.25, 0.3) is 10.9 Å². The first-order valence-corrected chi connectivity index (χ1v) is 6.01. The van der Waals surface area contributed by atoms with Gasteiger partial charge in [0.1, 0.15) is 0 Å². The minimum Gasteiger partial charge on any atom is -0.358 e. The van der Waals surface area contributed by atoms with Crippen LogP contribution < -0.4 is 5.32 Å². The molecule has 0 unspecified atom stereocenters. The summed E-state index contributed by atoms with van der Waals surface area (Å²) < 4.78 is 0. The van der Waals surface area contributed by atoms with Gasteiger partial charge in [-0.25, -0.2) is 0 Å². The van der Waals surface area contributed by atoms with Crippen LogP contribution in [0.4, 0.5) is 0 Å². The Labute approximate surface area is 97.1 Å². The zero-order valence-corrected chi connectivity index (χ0v) is 10.4. The normalized spacial score (nSPS) is 11.2. The highest BCUT2D eigenvalue weighted by molar-refractivity contribution is 5.85. The van der Waals surface area contributed by atoms with Crippen LogP contribution in [0, 0.1) is 13.8 Å². The molecule has 2 N–H and O–H groups in total. The summed E-state index contributed by atoms with van der Waals surface area (Å²) in [7, 11) is 0. The smallest absolute Gasteiger partial charge is 0.0459 e. The zero-order valence-electron chi connectivity index (χ0n) is 10.4. The van der Waals surface area contributed by atoms with Crippen molar-refractivity contribution in [3.05, 3.63) is 35.0 Å². The van der Waals surface area contributed by atoms with E-state index in [4.69, 9.17) is 0 Å². The molecule has 2 aromatic rings. The molecule has 0 aliphatic heterocycles. The van der Waals surface area contributed by atoms with Crippen LogP contribution in [0.2, 0.25) is 0 Å². The largest absolute Gasteiger partial charge is 0.358 e. The third kappa shape index (κ3) is 2.12. The lowest BCUT2D eigenvalue weighted by Gasteiger charge is -2.02. The molecule has 86 valence electrons. The zero-order chi connectivity index (χ0) is 11.5. The SMILES string of the molecule is CCNCCc1c(C)[nH]c2ccc(C)cc12. The van der Waals surface area contributed by atoms with Crippen LogP contribution in [-0.2, 0) is 6.42 Å². The number of benzene rings is 1. The highest BCUT2D eigenvalue weighted by atomic mass is 14.8. The lowest BCUT2D eigenvalue weighted by Crippen LogP contribution is -2.16. The van der Waals surface area contributed by atoms with E-state index >= 15 is 0 Å². The van der Waals surface area contributed by atoms with Gasteiger partial charge in [0.05, 0.1) is 0 Å². The van der Waals surface area contributed by atoms with Crippen molar-refractivity contribution in [2.45, 2.75) is 27.2 Å². The number of likely N-dealkylation sites (N-methyl/N-ethyl adjacent to an activating group) is 1. The molecule has 0 saturated heterocycles. The molecule has 0 amide bonds. The Morgan fingerprint density at radius 3 is 2.81 bits per heavy atom. The van der Waals surface area contributed by atoms with Crippen molar-refractivity contribution in [3.63, 3.8) is 0 Å². The number of aromatic amines is 1. The van der Waals surface area contributed by atoms with E-state index in [1.54, 1.807) is 0 Å². The average molecular weight is 216 g/mol. The number of aromatic nitrogens is 1. The monoisotopic (exact) mass is 216 g/mol. The van der Waals surface area contributed by atoms with Crippen molar-refractivity contribution < 1.29 is 0 Å². The minimum atomic E-state index is 1.04. The van der Waals surface area contributed by atoms with Crippen molar-refractivity contribution in [1.29, 1.82) is 0 Å². The second-order valence-electron chi connectivity index (χ2n) is 4.38. The quantitative estimate of drug-likeness (QED) is 0.756. The van der Waals surface area contributed by atoms with Crippen molar-refractivity contribution in [1.82, 2.24) is 10.3 Å². The molecular weight excluding hydrogens is 196 g/mol. The summed E-state index contributed by atoms with van der Waals surface area (Å²) in [5.74, 6) is 0. The Bertz CT molecular complexity index is 483. The van der Waals surface area contributed by atoms with Gasteiger partial charge in [-0.1, -0.05) is 18.6 Å². The molecule has 2 nitrogen and oxygen atoms in total. The summed E-state index contributed by atoms with van der Waals surface area (Å²) in [6.07, 6.45) is 1.10. The number of rotatable bonds is 4. The van der Waals surface area contributed by atoms with E-state index in [0.717, 1.165) is 19.5 Å². The van der Waals surface area contributed by atoms with Crippen LogP contribution in [0.1, 0.15) is 23.7 Å². The number of aryl methyl sites for hydroxylation is 2. The van der Waals surface area contributed by atoms with Gasteiger partial charge < -0.3 is 10.3 Å². The van der Waals surface area contributed by atoms with Gasteiger partial charge in [-0.05, 0) is 51.1 Å². The van der Waals surface area contributed by atoms with Gasteiger partial charge in [0.25, 0.3) is 0 Å². The fourth-order valence-electron chi connectivity index (χ4n) is 2.21. The molecule has 1 heterocycles. The summed E-state index contributed by atoms with van der Waals surface area (Å²) in [5.41, 5.74) is 5.35. The van der Waals surface area contributed by atoms with Crippen LogP contribution in [-0.4, -0.2) is 18.1 Å². The Morgan fingerprint density at radius 1 is 1.25 bits per heavy atom. The lowest BCUT2D eigenvalue weighted by molar-refractivity contribution is 0.716. The average Bonchev–Trinajstić information content (AvgIpc) is 2.56. The Balaban J connectivity index is 2.34. The molecule has 0 spiro atoms. The van der Waals surface area contributed by atoms with Crippen molar-refractivity contribution in [2.75, 3.05) is 13.1 Å². The third-order valence-corrected chi connectivity index (χ3v) is 3.08. The molecule has 0 saturated carbocycles. The fourth-order valence-corrected chi connectivity index (χ4v) is 2.21. The molecule has 2 rings (SSSR count). The summed E-state index contributed by atoms with van der Waals surface area (Å²) >= 11 is 0.